The number of aliphatic hydroxyl groups excluding tert-OH is 7. The second-order valence-corrected chi connectivity index (χ2v) is 10.9. The molecule has 0 saturated heterocycles. The first-order valence-electron chi connectivity index (χ1n) is 13.0. The maximum atomic E-state index is 11.4. The average molecular weight is 545 g/mol. The zero-order chi connectivity index (χ0) is 28.5. The van der Waals surface area contributed by atoms with E-state index in [-0.39, 0.29) is 59.4 Å². The summed E-state index contributed by atoms with van der Waals surface area (Å²) in [6.45, 7) is 3.20. The minimum atomic E-state index is -1.15. The van der Waals surface area contributed by atoms with Crippen molar-refractivity contribution in [3.63, 3.8) is 0 Å². The van der Waals surface area contributed by atoms with Crippen LogP contribution in [-0.2, 0) is 14.2 Å². The third-order valence-corrected chi connectivity index (χ3v) is 8.46. The molecule has 1 fully saturated rings. The Bertz CT molecular complexity index is 1320. The summed E-state index contributed by atoms with van der Waals surface area (Å²) in [6, 6.07) is 0. The minimum Gasteiger partial charge on any atom is -0.512 e. The normalized spacial score (nSPS) is 31.7. The Hall–Kier alpha value is -3.34. The molecule has 0 unspecified atom stereocenters. The van der Waals surface area contributed by atoms with Crippen molar-refractivity contribution < 1.29 is 50.0 Å². The van der Waals surface area contributed by atoms with Crippen molar-refractivity contribution in [3.05, 3.63) is 79.8 Å². The van der Waals surface area contributed by atoms with Gasteiger partial charge >= 0.3 is 0 Å². The maximum absolute atomic E-state index is 11.4. The highest BCUT2D eigenvalue weighted by atomic mass is 16.5. The number of allylic oxidation sites excluding steroid dienone is 7. The molecule has 0 aliphatic heterocycles. The van der Waals surface area contributed by atoms with E-state index >= 15 is 0 Å². The van der Waals surface area contributed by atoms with Gasteiger partial charge in [-0.15, -0.1) is 0 Å². The van der Waals surface area contributed by atoms with Gasteiger partial charge in [0.1, 0.15) is 17.3 Å². The molecule has 5 aliphatic carbocycles. The largest absolute Gasteiger partial charge is 0.512 e. The molecule has 0 aromatic rings. The summed E-state index contributed by atoms with van der Waals surface area (Å²) in [5, 5.41) is 77.6. The molecule has 0 aromatic heterocycles. The molecule has 39 heavy (non-hydrogen) atoms. The van der Waals surface area contributed by atoms with Crippen LogP contribution in [-0.4, -0.2) is 75.4 Å². The van der Waals surface area contributed by atoms with Gasteiger partial charge in [0.05, 0.1) is 57.2 Å². The van der Waals surface area contributed by atoms with E-state index in [1.807, 2.05) is 0 Å². The number of aliphatic hydroxyl groups is 7. The molecule has 0 aromatic carbocycles. The number of methoxy groups -OCH3 is 3. The summed E-state index contributed by atoms with van der Waals surface area (Å²) in [7, 11) is 4.22. The van der Waals surface area contributed by atoms with Crippen molar-refractivity contribution >= 4 is 0 Å². The van der Waals surface area contributed by atoms with Crippen molar-refractivity contribution in [1.82, 2.24) is 0 Å². The smallest absolute Gasteiger partial charge is 0.165 e. The summed E-state index contributed by atoms with van der Waals surface area (Å²) in [5.41, 5.74) is 2.77. The third-order valence-electron chi connectivity index (χ3n) is 8.46. The highest BCUT2D eigenvalue weighted by Crippen LogP contribution is 2.65. The molecule has 212 valence electrons. The van der Waals surface area contributed by atoms with Crippen LogP contribution in [0.2, 0.25) is 0 Å². The zero-order valence-electron chi connectivity index (χ0n) is 22.6. The summed E-state index contributed by atoms with van der Waals surface area (Å²) in [5.74, 6) is -3.37. The Morgan fingerprint density at radius 1 is 0.795 bits per heavy atom. The van der Waals surface area contributed by atoms with Gasteiger partial charge < -0.3 is 50.0 Å². The standard InChI is InChI=1S/C29H36O10/c1-10(30)6-12-18-19-13(7-11(2)31)29(39-5)27(36)22-16(34)9-17(37-3)23(25(19)22)20-14(32)8-15(33)21(24(18)20)26(35)28(12)38-4/h9-11,15,21,23-25,30-36H,6-8H2,1-5H3/t10-,11-,15+,21-,23-,24-,25+/m1/s1. The number of rotatable bonds is 7. The van der Waals surface area contributed by atoms with Crippen LogP contribution < -0.4 is 0 Å². The van der Waals surface area contributed by atoms with Crippen LogP contribution in [0.4, 0.5) is 0 Å². The number of ether oxygens (including phenoxy) is 3. The number of hydrogen-bond acceptors (Lipinski definition) is 10. The van der Waals surface area contributed by atoms with Crippen LogP contribution in [0, 0.1) is 23.7 Å². The second-order valence-electron chi connectivity index (χ2n) is 10.9. The lowest BCUT2D eigenvalue weighted by molar-refractivity contribution is 0.0399. The van der Waals surface area contributed by atoms with Crippen molar-refractivity contribution in [2.75, 3.05) is 21.3 Å². The van der Waals surface area contributed by atoms with Crippen molar-refractivity contribution in [2.24, 2.45) is 23.7 Å². The molecular formula is C29H36O10. The highest BCUT2D eigenvalue weighted by Gasteiger charge is 2.59. The second kappa shape index (κ2) is 9.69. The Morgan fingerprint density at radius 2 is 1.36 bits per heavy atom. The van der Waals surface area contributed by atoms with Gasteiger partial charge in [0, 0.05) is 53.9 Å². The fourth-order valence-corrected chi connectivity index (χ4v) is 7.27. The molecule has 7 atom stereocenters. The molecule has 0 heterocycles. The lowest BCUT2D eigenvalue weighted by Crippen LogP contribution is -2.49. The first kappa shape index (κ1) is 27.2. The molecule has 5 aliphatic rings. The van der Waals surface area contributed by atoms with E-state index in [1.165, 1.54) is 27.4 Å². The van der Waals surface area contributed by atoms with Gasteiger partial charge in [-0.05, 0) is 30.6 Å². The quantitative estimate of drug-likeness (QED) is 0.252. The SMILES string of the molecule is COC1=CC(O)=C2C(O)=C(OC)C(C[C@@H](C)O)=C3C4=C(C[C@@H](C)O)C(OC)=C(O)[C@H]5[C@H]4C(=C(O)C[C@@H]5O)[C@@H]1[C@H]23. The summed E-state index contributed by atoms with van der Waals surface area (Å²) in [4.78, 5) is 0. The van der Waals surface area contributed by atoms with Crippen LogP contribution in [0.3, 0.4) is 0 Å². The topological polar surface area (TPSA) is 169 Å². The monoisotopic (exact) mass is 544 g/mol. The van der Waals surface area contributed by atoms with Crippen molar-refractivity contribution in [3.8, 4) is 0 Å². The number of hydrogen-bond donors (Lipinski definition) is 7. The molecule has 0 amide bonds. The molecule has 10 nitrogen and oxygen atoms in total. The Labute approximate surface area is 226 Å². The van der Waals surface area contributed by atoms with E-state index in [0.717, 1.165) is 0 Å². The molecule has 10 heteroatoms. The van der Waals surface area contributed by atoms with Crippen molar-refractivity contribution in [1.29, 1.82) is 0 Å². The van der Waals surface area contributed by atoms with E-state index in [2.05, 4.69) is 0 Å². The molecular weight excluding hydrogens is 508 g/mol. The first-order chi connectivity index (χ1) is 18.5. The molecule has 5 rings (SSSR count). The maximum Gasteiger partial charge on any atom is 0.165 e. The zero-order valence-corrected chi connectivity index (χ0v) is 22.6. The van der Waals surface area contributed by atoms with Crippen LogP contribution in [0.25, 0.3) is 0 Å². The van der Waals surface area contributed by atoms with Gasteiger partial charge in [-0.2, -0.15) is 0 Å². The van der Waals surface area contributed by atoms with E-state index in [1.54, 1.807) is 13.8 Å². The summed E-state index contributed by atoms with van der Waals surface area (Å²) >= 11 is 0. The van der Waals surface area contributed by atoms with Gasteiger partial charge in [0.2, 0.25) is 0 Å². The van der Waals surface area contributed by atoms with E-state index < -0.39 is 42.0 Å². The summed E-state index contributed by atoms with van der Waals surface area (Å²) < 4.78 is 17.0. The third kappa shape index (κ3) is 3.80. The van der Waals surface area contributed by atoms with Crippen LogP contribution in [0.15, 0.2) is 79.8 Å². The molecule has 0 radical (unpaired) electrons. The molecule has 0 spiro atoms. The Balaban J connectivity index is 2.00. The van der Waals surface area contributed by atoms with E-state index in [9.17, 15) is 35.7 Å². The van der Waals surface area contributed by atoms with Crippen LogP contribution in [0.1, 0.15) is 33.1 Å². The first-order valence-corrected chi connectivity index (χ1v) is 13.0. The molecule has 0 bridgehead atoms. The van der Waals surface area contributed by atoms with Gasteiger partial charge in [-0.3, -0.25) is 0 Å². The van der Waals surface area contributed by atoms with E-state index in [0.29, 0.717) is 33.6 Å². The predicted octanol–water partition coefficient (Wildman–Crippen LogP) is 3.39. The predicted molar refractivity (Wildman–Crippen MR) is 139 cm³/mol. The van der Waals surface area contributed by atoms with Gasteiger partial charge in [0.25, 0.3) is 0 Å². The number of fused-ring (bicyclic) bond motifs is 2. The fourth-order valence-electron chi connectivity index (χ4n) is 7.27. The fraction of sp³-hybridized carbons (Fsp3) is 0.517. The van der Waals surface area contributed by atoms with Gasteiger partial charge in [-0.25, -0.2) is 0 Å². The lowest BCUT2D eigenvalue weighted by Gasteiger charge is -2.53. The average Bonchev–Trinajstić information content (AvgIpc) is 2.85. The summed E-state index contributed by atoms with van der Waals surface area (Å²) in [6.07, 6.45) is -1.46. The Kier molecular flexibility index (Phi) is 6.77. The van der Waals surface area contributed by atoms with Crippen molar-refractivity contribution in [2.45, 2.75) is 51.4 Å². The molecule has 7 N–H and O–H groups in total. The van der Waals surface area contributed by atoms with Crippen LogP contribution >= 0.6 is 0 Å². The van der Waals surface area contributed by atoms with Crippen LogP contribution in [0.5, 0.6) is 0 Å². The lowest BCUT2D eigenvalue weighted by atomic mass is 9.51. The highest BCUT2D eigenvalue weighted by molar-refractivity contribution is 5.69. The Morgan fingerprint density at radius 3 is 1.90 bits per heavy atom. The van der Waals surface area contributed by atoms with Gasteiger partial charge in [-0.1, -0.05) is 0 Å². The van der Waals surface area contributed by atoms with E-state index in [4.69, 9.17) is 14.2 Å². The molecule has 1 saturated carbocycles. The minimum absolute atomic E-state index is 0.0643. The van der Waals surface area contributed by atoms with Gasteiger partial charge in [0.15, 0.2) is 17.3 Å².